The van der Waals surface area contributed by atoms with Gasteiger partial charge in [-0.25, -0.2) is 0 Å². The van der Waals surface area contributed by atoms with Gasteiger partial charge in [0.1, 0.15) is 5.75 Å². The first-order valence-corrected chi connectivity index (χ1v) is 7.46. The molecule has 0 bridgehead atoms. The van der Waals surface area contributed by atoms with E-state index in [9.17, 15) is 0 Å². The molecule has 112 valence electrons. The summed E-state index contributed by atoms with van der Waals surface area (Å²) >= 11 is 0. The van der Waals surface area contributed by atoms with Gasteiger partial charge in [0.15, 0.2) is 5.82 Å². The molecule has 2 atom stereocenters. The third-order valence-corrected chi connectivity index (χ3v) is 3.77. The van der Waals surface area contributed by atoms with Crippen LogP contribution in [0.1, 0.15) is 55.9 Å². The molecule has 2 aromatic rings. The zero-order valence-corrected chi connectivity index (χ0v) is 12.5. The summed E-state index contributed by atoms with van der Waals surface area (Å²) in [5.74, 6) is 2.77. The monoisotopic (exact) mass is 287 g/mol. The SMILES string of the molecule is CC(C)C[C@H](N)c1nc(C2CCOc3ccccc32)no1. The quantitative estimate of drug-likeness (QED) is 0.935. The minimum atomic E-state index is -0.193. The van der Waals surface area contributed by atoms with E-state index < -0.39 is 0 Å². The molecule has 5 nitrogen and oxygen atoms in total. The van der Waals surface area contributed by atoms with Crippen molar-refractivity contribution < 1.29 is 9.26 Å². The lowest BCUT2D eigenvalue weighted by atomic mass is 9.92. The Bertz CT molecular complexity index is 609. The molecule has 0 fully saturated rings. The summed E-state index contributed by atoms with van der Waals surface area (Å²) in [5.41, 5.74) is 7.23. The van der Waals surface area contributed by atoms with E-state index in [0.717, 1.165) is 24.2 Å². The average molecular weight is 287 g/mol. The normalized spacial score (nSPS) is 19.1. The fourth-order valence-corrected chi connectivity index (χ4v) is 2.76. The lowest BCUT2D eigenvalue weighted by molar-refractivity contribution is 0.271. The Morgan fingerprint density at radius 2 is 2.14 bits per heavy atom. The second-order valence-corrected chi connectivity index (χ2v) is 5.95. The topological polar surface area (TPSA) is 74.2 Å². The number of rotatable bonds is 4. The van der Waals surface area contributed by atoms with Crippen LogP contribution >= 0.6 is 0 Å². The molecule has 0 aliphatic carbocycles. The second kappa shape index (κ2) is 5.85. The lowest BCUT2D eigenvalue weighted by Gasteiger charge is -2.23. The van der Waals surface area contributed by atoms with Crippen molar-refractivity contribution >= 4 is 0 Å². The first-order valence-electron chi connectivity index (χ1n) is 7.46. The van der Waals surface area contributed by atoms with Crippen molar-refractivity contribution in [2.24, 2.45) is 11.7 Å². The van der Waals surface area contributed by atoms with Gasteiger partial charge in [0.05, 0.1) is 18.6 Å². The van der Waals surface area contributed by atoms with Gasteiger partial charge in [0.25, 0.3) is 0 Å². The molecule has 0 amide bonds. The minimum absolute atomic E-state index is 0.124. The Hall–Kier alpha value is -1.88. The Labute approximate surface area is 124 Å². The number of nitrogens with zero attached hydrogens (tertiary/aromatic N) is 2. The standard InChI is InChI=1S/C16H21N3O2/c1-10(2)9-13(17)16-18-15(19-21-16)12-7-8-20-14-6-4-3-5-11(12)14/h3-6,10,12-13H,7-9,17H2,1-2H3/t12?,13-/m0/s1. The Morgan fingerprint density at radius 3 is 2.95 bits per heavy atom. The molecule has 1 aromatic heterocycles. The Morgan fingerprint density at radius 1 is 1.33 bits per heavy atom. The molecule has 0 saturated carbocycles. The van der Waals surface area contributed by atoms with Crippen molar-refractivity contribution in [3.05, 3.63) is 41.5 Å². The van der Waals surface area contributed by atoms with E-state index >= 15 is 0 Å². The van der Waals surface area contributed by atoms with Crippen LogP contribution in [-0.2, 0) is 0 Å². The molecule has 1 aliphatic heterocycles. The molecule has 1 unspecified atom stereocenters. The van der Waals surface area contributed by atoms with E-state index in [2.05, 4.69) is 30.1 Å². The van der Waals surface area contributed by atoms with Crippen molar-refractivity contribution in [2.75, 3.05) is 6.61 Å². The van der Waals surface area contributed by atoms with E-state index in [-0.39, 0.29) is 12.0 Å². The van der Waals surface area contributed by atoms with Crippen molar-refractivity contribution in [1.29, 1.82) is 0 Å². The summed E-state index contributed by atoms with van der Waals surface area (Å²) in [4.78, 5) is 4.53. The summed E-state index contributed by atoms with van der Waals surface area (Å²) in [6.07, 6.45) is 1.70. The van der Waals surface area contributed by atoms with Gasteiger partial charge in [-0.15, -0.1) is 0 Å². The van der Waals surface area contributed by atoms with E-state index in [1.807, 2.05) is 18.2 Å². The van der Waals surface area contributed by atoms with Gasteiger partial charge in [-0.3, -0.25) is 0 Å². The number of aromatic nitrogens is 2. The minimum Gasteiger partial charge on any atom is -0.493 e. The third kappa shape index (κ3) is 2.93. The van der Waals surface area contributed by atoms with Gasteiger partial charge in [-0.2, -0.15) is 4.98 Å². The maximum atomic E-state index is 6.11. The van der Waals surface area contributed by atoms with Gasteiger partial charge in [-0.05, 0) is 24.8 Å². The van der Waals surface area contributed by atoms with Gasteiger partial charge >= 0.3 is 0 Å². The maximum Gasteiger partial charge on any atom is 0.243 e. The molecule has 2 N–H and O–H groups in total. The van der Waals surface area contributed by atoms with Gasteiger partial charge in [0.2, 0.25) is 5.89 Å². The highest BCUT2D eigenvalue weighted by Gasteiger charge is 2.28. The number of hydrogen-bond donors (Lipinski definition) is 1. The molecule has 0 spiro atoms. The van der Waals surface area contributed by atoms with Crippen LogP contribution in [0.2, 0.25) is 0 Å². The highest BCUT2D eigenvalue weighted by molar-refractivity contribution is 5.40. The summed E-state index contributed by atoms with van der Waals surface area (Å²) in [7, 11) is 0. The largest absolute Gasteiger partial charge is 0.493 e. The number of para-hydroxylation sites is 1. The number of benzene rings is 1. The van der Waals surface area contributed by atoms with Crippen LogP contribution in [0.3, 0.4) is 0 Å². The van der Waals surface area contributed by atoms with Crippen molar-refractivity contribution in [3.63, 3.8) is 0 Å². The summed E-state index contributed by atoms with van der Waals surface area (Å²) < 4.78 is 11.0. The average Bonchev–Trinajstić information content (AvgIpc) is 2.95. The Kier molecular flexibility index (Phi) is 3.92. The molecule has 1 aliphatic rings. The van der Waals surface area contributed by atoms with E-state index in [1.165, 1.54) is 0 Å². The van der Waals surface area contributed by atoms with Gasteiger partial charge in [-0.1, -0.05) is 37.2 Å². The first kappa shape index (κ1) is 14.1. The zero-order valence-electron chi connectivity index (χ0n) is 12.5. The van der Waals surface area contributed by atoms with Crippen LogP contribution in [0.4, 0.5) is 0 Å². The molecule has 2 heterocycles. The smallest absolute Gasteiger partial charge is 0.243 e. The maximum absolute atomic E-state index is 6.11. The fraction of sp³-hybridized carbons (Fsp3) is 0.500. The number of ether oxygens (including phenoxy) is 1. The summed E-state index contributed by atoms with van der Waals surface area (Å²) in [5, 5.41) is 4.15. The van der Waals surface area contributed by atoms with E-state index in [0.29, 0.717) is 24.2 Å². The van der Waals surface area contributed by atoms with Crippen molar-refractivity contribution in [1.82, 2.24) is 10.1 Å². The van der Waals surface area contributed by atoms with Crippen LogP contribution in [0.5, 0.6) is 5.75 Å². The van der Waals surface area contributed by atoms with Crippen LogP contribution in [-0.4, -0.2) is 16.7 Å². The highest BCUT2D eigenvalue weighted by Crippen LogP contribution is 2.36. The highest BCUT2D eigenvalue weighted by atomic mass is 16.5. The number of fused-ring (bicyclic) bond motifs is 1. The number of nitrogens with two attached hydrogens (primary N) is 1. The van der Waals surface area contributed by atoms with Gasteiger partial charge in [0, 0.05) is 5.56 Å². The number of hydrogen-bond acceptors (Lipinski definition) is 5. The molecule has 0 radical (unpaired) electrons. The van der Waals surface area contributed by atoms with Crippen LogP contribution in [0, 0.1) is 5.92 Å². The summed E-state index contributed by atoms with van der Waals surface area (Å²) in [6, 6.07) is 7.82. The van der Waals surface area contributed by atoms with E-state index in [1.54, 1.807) is 0 Å². The van der Waals surface area contributed by atoms with Crippen LogP contribution in [0.15, 0.2) is 28.8 Å². The first-order chi connectivity index (χ1) is 10.1. The molecule has 0 saturated heterocycles. The molecule has 1 aromatic carbocycles. The molecule has 5 heteroatoms. The zero-order chi connectivity index (χ0) is 14.8. The molecular weight excluding hydrogens is 266 g/mol. The molecule has 21 heavy (non-hydrogen) atoms. The van der Waals surface area contributed by atoms with Crippen molar-refractivity contribution in [3.8, 4) is 5.75 Å². The van der Waals surface area contributed by atoms with Crippen LogP contribution < -0.4 is 10.5 Å². The molecular formula is C16H21N3O2. The van der Waals surface area contributed by atoms with Crippen LogP contribution in [0.25, 0.3) is 0 Å². The third-order valence-electron chi connectivity index (χ3n) is 3.77. The second-order valence-electron chi connectivity index (χ2n) is 5.95. The Balaban J connectivity index is 1.84. The van der Waals surface area contributed by atoms with E-state index in [4.69, 9.17) is 15.0 Å². The van der Waals surface area contributed by atoms with Gasteiger partial charge < -0.3 is 15.0 Å². The predicted octanol–water partition coefficient (Wildman–Crippen LogP) is 3.03. The molecule has 3 rings (SSSR count). The fourth-order valence-electron chi connectivity index (χ4n) is 2.76. The summed E-state index contributed by atoms with van der Waals surface area (Å²) in [6.45, 7) is 4.93. The predicted molar refractivity (Wildman–Crippen MR) is 79.1 cm³/mol. The lowest BCUT2D eigenvalue weighted by Crippen LogP contribution is -2.17. The van der Waals surface area contributed by atoms with Crippen molar-refractivity contribution in [2.45, 2.75) is 38.6 Å².